The first-order chi connectivity index (χ1) is 8.22. The molecule has 0 fully saturated rings. The molecule has 4 heteroatoms. The summed E-state index contributed by atoms with van der Waals surface area (Å²) in [6.45, 7) is 0. The fraction of sp³-hybridized carbons (Fsp3) is 0.0714. The molecule has 2 aromatic carbocycles. The Kier molecular flexibility index (Phi) is 5.41. The van der Waals surface area contributed by atoms with Gasteiger partial charge in [-0.3, -0.25) is 0 Å². The average molecular weight is 251 g/mol. The van der Waals surface area contributed by atoms with E-state index in [9.17, 15) is 4.79 Å². The molecular weight excluding hydrogens is 239 g/mol. The van der Waals surface area contributed by atoms with Crippen molar-refractivity contribution in [2.75, 3.05) is 7.11 Å². The van der Waals surface area contributed by atoms with Gasteiger partial charge in [-0.15, -0.1) is 0 Å². The Hall–Kier alpha value is -1.29. The second-order valence-electron chi connectivity index (χ2n) is 3.59. The molecule has 0 aliphatic carbocycles. The van der Waals surface area contributed by atoms with Gasteiger partial charge in [-0.25, -0.2) is 4.79 Å². The van der Waals surface area contributed by atoms with Crippen LogP contribution in [0.15, 0.2) is 48.5 Å². The number of hydrogen-bond acceptors (Lipinski definition) is 2. The molecule has 0 spiro atoms. The standard InChI is InChI=1S/C14H12O3.Na/c1-17-13-8-3-2-7-12(13)10-5-4-6-11(9-10)14(15)16;/h2-9H,1H3,(H,15,16);. The first kappa shape index (κ1) is 14.8. The number of carboxylic acids is 1. The molecule has 0 heterocycles. The minimum atomic E-state index is -0.929. The van der Waals surface area contributed by atoms with Gasteiger partial charge in [-0.1, -0.05) is 30.3 Å². The zero-order valence-electron chi connectivity index (χ0n) is 10.4. The van der Waals surface area contributed by atoms with Crippen molar-refractivity contribution < 1.29 is 14.6 Å². The summed E-state index contributed by atoms with van der Waals surface area (Å²) in [4.78, 5) is 10.9. The number of hydrogen-bond donors (Lipinski definition) is 1. The van der Waals surface area contributed by atoms with Crippen LogP contribution in [0, 0.1) is 0 Å². The van der Waals surface area contributed by atoms with Gasteiger partial charge in [0.25, 0.3) is 0 Å². The molecule has 87 valence electrons. The Morgan fingerprint density at radius 2 is 1.83 bits per heavy atom. The van der Waals surface area contributed by atoms with Gasteiger partial charge in [-0.05, 0) is 23.8 Å². The van der Waals surface area contributed by atoms with E-state index in [1.807, 2.05) is 30.3 Å². The van der Waals surface area contributed by atoms with Gasteiger partial charge in [0, 0.05) is 35.1 Å². The fourth-order valence-corrected chi connectivity index (χ4v) is 1.70. The van der Waals surface area contributed by atoms with Crippen LogP contribution in [-0.4, -0.2) is 47.7 Å². The third kappa shape index (κ3) is 3.13. The van der Waals surface area contributed by atoms with E-state index in [0.717, 1.165) is 16.9 Å². The molecule has 0 amide bonds. The maximum atomic E-state index is 10.9. The van der Waals surface area contributed by atoms with Gasteiger partial charge in [0.05, 0.1) is 12.7 Å². The second kappa shape index (κ2) is 6.59. The largest absolute Gasteiger partial charge is 0.496 e. The fourth-order valence-electron chi connectivity index (χ4n) is 1.70. The van der Waals surface area contributed by atoms with Crippen LogP contribution in [0.25, 0.3) is 11.1 Å². The van der Waals surface area contributed by atoms with Crippen molar-refractivity contribution in [3.8, 4) is 16.9 Å². The summed E-state index contributed by atoms with van der Waals surface area (Å²) in [5, 5.41) is 8.95. The number of carbonyl (C=O) groups is 1. The molecule has 0 aliphatic rings. The topological polar surface area (TPSA) is 46.5 Å². The Labute approximate surface area is 128 Å². The van der Waals surface area contributed by atoms with Crippen LogP contribution < -0.4 is 4.74 Å². The first-order valence-corrected chi connectivity index (χ1v) is 5.19. The number of para-hydroxylation sites is 1. The van der Waals surface area contributed by atoms with Crippen LogP contribution in [0.3, 0.4) is 0 Å². The molecule has 2 aromatic rings. The molecule has 18 heavy (non-hydrogen) atoms. The zero-order valence-corrected chi connectivity index (χ0v) is 12.4. The molecule has 0 bridgehead atoms. The summed E-state index contributed by atoms with van der Waals surface area (Å²) in [5.41, 5.74) is 1.99. The van der Waals surface area contributed by atoms with E-state index >= 15 is 0 Å². The molecule has 0 unspecified atom stereocenters. The molecule has 3 nitrogen and oxygen atoms in total. The first-order valence-electron chi connectivity index (χ1n) is 5.19. The smallest absolute Gasteiger partial charge is 0.335 e. The summed E-state index contributed by atoms with van der Waals surface area (Å²) in [6.07, 6.45) is 0. The minimum absolute atomic E-state index is 0. The van der Waals surface area contributed by atoms with E-state index in [-0.39, 0.29) is 35.1 Å². The summed E-state index contributed by atoms with van der Waals surface area (Å²) < 4.78 is 5.25. The van der Waals surface area contributed by atoms with Crippen LogP contribution in [0.2, 0.25) is 0 Å². The van der Waals surface area contributed by atoms with Gasteiger partial charge < -0.3 is 9.84 Å². The molecule has 0 aromatic heterocycles. The molecule has 0 atom stereocenters. The number of rotatable bonds is 3. The molecule has 0 aliphatic heterocycles. The van der Waals surface area contributed by atoms with Crippen LogP contribution >= 0.6 is 0 Å². The molecule has 2 rings (SSSR count). The van der Waals surface area contributed by atoms with Gasteiger partial charge in [0.15, 0.2) is 0 Å². The number of benzene rings is 2. The van der Waals surface area contributed by atoms with Gasteiger partial charge in [0.2, 0.25) is 0 Å². The molecule has 1 radical (unpaired) electrons. The van der Waals surface area contributed by atoms with E-state index in [4.69, 9.17) is 9.84 Å². The van der Waals surface area contributed by atoms with Crippen molar-refractivity contribution in [1.29, 1.82) is 0 Å². The summed E-state index contributed by atoms with van der Waals surface area (Å²) in [7, 11) is 1.60. The predicted molar refractivity (Wildman–Crippen MR) is 71.1 cm³/mol. The van der Waals surface area contributed by atoms with Crippen LogP contribution in [0.5, 0.6) is 5.75 Å². The minimum Gasteiger partial charge on any atom is -0.496 e. The maximum Gasteiger partial charge on any atom is 0.335 e. The van der Waals surface area contributed by atoms with Gasteiger partial charge in [-0.2, -0.15) is 0 Å². The maximum absolute atomic E-state index is 10.9. The van der Waals surface area contributed by atoms with Crippen LogP contribution in [-0.2, 0) is 0 Å². The number of ether oxygens (including phenoxy) is 1. The third-order valence-electron chi connectivity index (χ3n) is 2.53. The normalized spacial score (nSPS) is 9.39. The SMILES string of the molecule is COc1ccccc1-c1cccc(C(=O)O)c1.[Na]. The Morgan fingerprint density at radius 1 is 1.11 bits per heavy atom. The summed E-state index contributed by atoms with van der Waals surface area (Å²) in [5.74, 6) is -0.197. The van der Waals surface area contributed by atoms with Crippen molar-refractivity contribution in [2.45, 2.75) is 0 Å². The monoisotopic (exact) mass is 251 g/mol. The zero-order chi connectivity index (χ0) is 12.3. The number of aromatic carboxylic acids is 1. The van der Waals surface area contributed by atoms with E-state index in [0.29, 0.717) is 0 Å². The number of methoxy groups -OCH3 is 1. The van der Waals surface area contributed by atoms with Crippen molar-refractivity contribution in [2.24, 2.45) is 0 Å². The molecular formula is C14H12NaO3. The Morgan fingerprint density at radius 3 is 2.50 bits per heavy atom. The van der Waals surface area contributed by atoms with Crippen molar-refractivity contribution in [3.63, 3.8) is 0 Å². The van der Waals surface area contributed by atoms with Crippen molar-refractivity contribution >= 4 is 35.5 Å². The average Bonchev–Trinajstić information content (AvgIpc) is 2.39. The van der Waals surface area contributed by atoms with Crippen molar-refractivity contribution in [3.05, 3.63) is 54.1 Å². The van der Waals surface area contributed by atoms with E-state index in [1.54, 1.807) is 25.3 Å². The Bertz CT molecular complexity index is 552. The van der Waals surface area contributed by atoms with Crippen molar-refractivity contribution in [1.82, 2.24) is 0 Å². The molecule has 1 N–H and O–H groups in total. The van der Waals surface area contributed by atoms with Crippen LogP contribution in [0.4, 0.5) is 0 Å². The van der Waals surface area contributed by atoms with Crippen LogP contribution in [0.1, 0.15) is 10.4 Å². The van der Waals surface area contributed by atoms with E-state index < -0.39 is 5.97 Å². The van der Waals surface area contributed by atoms with E-state index in [1.165, 1.54) is 0 Å². The summed E-state index contributed by atoms with van der Waals surface area (Å²) >= 11 is 0. The second-order valence-corrected chi connectivity index (χ2v) is 3.59. The molecule has 0 saturated carbocycles. The van der Waals surface area contributed by atoms with E-state index in [2.05, 4.69) is 0 Å². The summed E-state index contributed by atoms with van der Waals surface area (Å²) in [6, 6.07) is 14.3. The number of carboxylic acid groups (broad SMARTS) is 1. The van der Waals surface area contributed by atoms with Gasteiger partial charge in [0.1, 0.15) is 5.75 Å². The quantitative estimate of drug-likeness (QED) is 0.853. The Balaban J connectivity index is 0.00000162. The third-order valence-corrected chi connectivity index (χ3v) is 2.53. The van der Waals surface area contributed by atoms with Gasteiger partial charge >= 0.3 is 5.97 Å². The predicted octanol–water partition coefficient (Wildman–Crippen LogP) is 2.68. The molecule has 0 saturated heterocycles.